The van der Waals surface area contributed by atoms with Gasteiger partial charge in [0.05, 0.1) is 24.4 Å². The van der Waals surface area contributed by atoms with Crippen LogP contribution in [0.15, 0.2) is 41.4 Å². The molecular weight excluding hydrogens is 314 g/mol. The molecule has 108 valence electrons. The molecule has 0 aliphatic carbocycles. The lowest BCUT2D eigenvalue weighted by Crippen LogP contribution is -2.14. The highest BCUT2D eigenvalue weighted by Gasteiger charge is 2.17. The second-order valence-corrected chi connectivity index (χ2v) is 6.02. The molecule has 1 N–H and O–H groups in total. The SMILES string of the molecule is COc1cc(C#N)ccc1NS(=O)(=O)c1ccc(Cl)nc1. The molecule has 1 aromatic heterocycles. The summed E-state index contributed by atoms with van der Waals surface area (Å²) >= 11 is 5.63. The Hall–Kier alpha value is -2.30. The second-order valence-electron chi connectivity index (χ2n) is 3.95. The van der Waals surface area contributed by atoms with E-state index in [1.54, 1.807) is 0 Å². The molecule has 2 aromatic rings. The molecule has 21 heavy (non-hydrogen) atoms. The monoisotopic (exact) mass is 323 g/mol. The minimum atomic E-state index is -3.82. The molecule has 0 fully saturated rings. The summed E-state index contributed by atoms with van der Waals surface area (Å²) in [7, 11) is -2.43. The number of pyridine rings is 1. The quantitative estimate of drug-likeness (QED) is 0.872. The first kappa shape index (κ1) is 15.1. The van der Waals surface area contributed by atoms with Crippen molar-refractivity contribution in [2.75, 3.05) is 11.8 Å². The highest BCUT2D eigenvalue weighted by Crippen LogP contribution is 2.27. The summed E-state index contributed by atoms with van der Waals surface area (Å²) in [6.07, 6.45) is 1.15. The van der Waals surface area contributed by atoms with Crippen molar-refractivity contribution in [2.24, 2.45) is 0 Å². The predicted molar refractivity (Wildman–Crippen MR) is 77.8 cm³/mol. The van der Waals surface area contributed by atoms with Gasteiger partial charge in [-0.15, -0.1) is 0 Å². The van der Waals surface area contributed by atoms with Gasteiger partial charge >= 0.3 is 0 Å². The number of ether oxygens (including phenoxy) is 1. The van der Waals surface area contributed by atoms with Gasteiger partial charge in [-0.1, -0.05) is 11.6 Å². The number of halogens is 1. The number of rotatable bonds is 4. The summed E-state index contributed by atoms with van der Waals surface area (Å²) in [5.74, 6) is 0.250. The third-order valence-electron chi connectivity index (χ3n) is 2.59. The Morgan fingerprint density at radius 3 is 2.67 bits per heavy atom. The lowest BCUT2D eigenvalue weighted by atomic mass is 10.2. The van der Waals surface area contributed by atoms with Gasteiger partial charge in [0.1, 0.15) is 15.8 Å². The first-order chi connectivity index (χ1) is 9.96. The number of anilines is 1. The Balaban J connectivity index is 2.37. The van der Waals surface area contributed by atoms with Crippen LogP contribution < -0.4 is 9.46 Å². The van der Waals surface area contributed by atoms with E-state index >= 15 is 0 Å². The third-order valence-corrected chi connectivity index (χ3v) is 4.16. The van der Waals surface area contributed by atoms with Gasteiger partial charge in [-0.25, -0.2) is 13.4 Å². The van der Waals surface area contributed by atoms with E-state index in [-0.39, 0.29) is 21.5 Å². The van der Waals surface area contributed by atoms with Crippen LogP contribution in [0.2, 0.25) is 5.15 Å². The lowest BCUT2D eigenvalue weighted by Gasteiger charge is -2.11. The lowest BCUT2D eigenvalue weighted by molar-refractivity contribution is 0.416. The molecule has 1 heterocycles. The van der Waals surface area contributed by atoms with Crippen LogP contribution in [0.1, 0.15) is 5.56 Å². The fourth-order valence-corrected chi connectivity index (χ4v) is 2.70. The topological polar surface area (TPSA) is 92.1 Å². The van der Waals surface area contributed by atoms with E-state index in [9.17, 15) is 8.42 Å². The molecule has 2 rings (SSSR count). The third kappa shape index (κ3) is 3.42. The van der Waals surface area contributed by atoms with E-state index in [1.807, 2.05) is 6.07 Å². The highest BCUT2D eigenvalue weighted by atomic mass is 35.5. The zero-order valence-electron chi connectivity index (χ0n) is 10.9. The number of nitrogens with one attached hydrogen (secondary N) is 1. The molecule has 8 heteroatoms. The maximum Gasteiger partial charge on any atom is 0.263 e. The van der Waals surface area contributed by atoms with E-state index < -0.39 is 10.0 Å². The van der Waals surface area contributed by atoms with Crippen LogP contribution in [0.5, 0.6) is 5.75 Å². The molecule has 0 saturated carbocycles. The maximum absolute atomic E-state index is 12.2. The summed E-state index contributed by atoms with van der Waals surface area (Å²) in [5.41, 5.74) is 0.592. The maximum atomic E-state index is 12.2. The average Bonchev–Trinajstić information content (AvgIpc) is 2.47. The van der Waals surface area contributed by atoms with Crippen molar-refractivity contribution in [3.8, 4) is 11.8 Å². The molecular formula is C13H10ClN3O3S. The smallest absolute Gasteiger partial charge is 0.263 e. The number of aromatic nitrogens is 1. The fourth-order valence-electron chi connectivity index (χ4n) is 1.57. The van der Waals surface area contributed by atoms with Gasteiger partial charge in [0.25, 0.3) is 10.0 Å². The number of nitrogens with zero attached hydrogens (tertiary/aromatic N) is 2. The van der Waals surface area contributed by atoms with Gasteiger partial charge in [-0.05, 0) is 24.3 Å². The van der Waals surface area contributed by atoms with Crippen molar-refractivity contribution in [3.63, 3.8) is 0 Å². The minimum absolute atomic E-state index is 0.0293. The molecule has 0 aliphatic heterocycles. The number of nitriles is 1. The van der Waals surface area contributed by atoms with Crippen molar-refractivity contribution in [2.45, 2.75) is 4.90 Å². The molecule has 0 spiro atoms. The van der Waals surface area contributed by atoms with Crippen molar-refractivity contribution in [1.29, 1.82) is 5.26 Å². The van der Waals surface area contributed by atoms with Gasteiger partial charge in [0.2, 0.25) is 0 Å². The largest absolute Gasteiger partial charge is 0.495 e. The molecule has 0 aliphatic rings. The summed E-state index contributed by atoms with van der Waals surface area (Å²) in [5, 5.41) is 9.02. The number of hydrogen-bond acceptors (Lipinski definition) is 5. The van der Waals surface area contributed by atoms with E-state index in [0.29, 0.717) is 5.56 Å². The van der Waals surface area contributed by atoms with Gasteiger partial charge < -0.3 is 4.74 Å². The van der Waals surface area contributed by atoms with E-state index in [4.69, 9.17) is 21.6 Å². The van der Waals surface area contributed by atoms with E-state index in [1.165, 1.54) is 37.4 Å². The fraction of sp³-hybridized carbons (Fsp3) is 0.0769. The molecule has 0 radical (unpaired) electrons. The zero-order valence-corrected chi connectivity index (χ0v) is 12.4. The molecule has 0 bridgehead atoms. The van der Waals surface area contributed by atoms with E-state index in [2.05, 4.69) is 9.71 Å². The number of hydrogen-bond donors (Lipinski definition) is 1. The summed E-state index contributed by atoms with van der Waals surface area (Å²) in [4.78, 5) is 3.70. The van der Waals surface area contributed by atoms with Crippen LogP contribution in [0.3, 0.4) is 0 Å². The second kappa shape index (κ2) is 5.99. The van der Waals surface area contributed by atoms with Crippen molar-refractivity contribution < 1.29 is 13.2 Å². The standard InChI is InChI=1S/C13H10ClN3O3S/c1-20-12-6-9(7-15)2-4-11(12)17-21(18,19)10-3-5-13(14)16-8-10/h2-6,8,17H,1H3. The normalized spacial score (nSPS) is 10.7. The van der Waals surface area contributed by atoms with Crippen LogP contribution in [-0.4, -0.2) is 20.5 Å². The van der Waals surface area contributed by atoms with Gasteiger partial charge in [-0.2, -0.15) is 5.26 Å². The number of benzene rings is 1. The van der Waals surface area contributed by atoms with E-state index in [0.717, 1.165) is 6.20 Å². The van der Waals surface area contributed by atoms with Crippen LogP contribution in [0.4, 0.5) is 5.69 Å². The summed E-state index contributed by atoms with van der Waals surface area (Å²) in [6.45, 7) is 0. The first-order valence-corrected chi connectivity index (χ1v) is 7.55. The Kier molecular flexibility index (Phi) is 4.31. The van der Waals surface area contributed by atoms with Crippen molar-refractivity contribution in [1.82, 2.24) is 4.98 Å². The van der Waals surface area contributed by atoms with Crippen LogP contribution in [0.25, 0.3) is 0 Å². The molecule has 0 saturated heterocycles. The minimum Gasteiger partial charge on any atom is -0.495 e. The van der Waals surface area contributed by atoms with Crippen LogP contribution in [-0.2, 0) is 10.0 Å². The Morgan fingerprint density at radius 2 is 2.10 bits per heavy atom. The predicted octanol–water partition coefficient (Wildman–Crippen LogP) is 2.42. The van der Waals surface area contributed by atoms with Gasteiger partial charge in [0.15, 0.2) is 0 Å². The Bertz CT molecular complexity index is 798. The summed E-state index contributed by atoms with van der Waals surface area (Å²) < 4.78 is 31.9. The molecule has 0 atom stereocenters. The number of sulfonamides is 1. The summed E-state index contributed by atoms with van der Waals surface area (Å²) in [6, 6.07) is 9.06. The molecule has 6 nitrogen and oxygen atoms in total. The average molecular weight is 324 g/mol. The molecule has 0 amide bonds. The van der Waals surface area contributed by atoms with Crippen molar-refractivity contribution >= 4 is 27.3 Å². The van der Waals surface area contributed by atoms with Gasteiger partial charge in [-0.3, -0.25) is 4.72 Å². The molecule has 0 unspecified atom stereocenters. The zero-order chi connectivity index (χ0) is 15.5. The highest BCUT2D eigenvalue weighted by molar-refractivity contribution is 7.92. The molecule has 1 aromatic carbocycles. The Morgan fingerprint density at radius 1 is 1.33 bits per heavy atom. The Labute approximate surface area is 127 Å². The van der Waals surface area contributed by atoms with Crippen LogP contribution in [0, 0.1) is 11.3 Å². The number of methoxy groups -OCH3 is 1. The van der Waals surface area contributed by atoms with Crippen molar-refractivity contribution in [3.05, 3.63) is 47.2 Å². The van der Waals surface area contributed by atoms with Gasteiger partial charge in [0, 0.05) is 12.3 Å². The van der Waals surface area contributed by atoms with Crippen LogP contribution >= 0.6 is 11.6 Å². The first-order valence-electron chi connectivity index (χ1n) is 5.69.